The highest BCUT2D eigenvalue weighted by Gasteiger charge is 2.75. The summed E-state index contributed by atoms with van der Waals surface area (Å²) in [6.45, 7) is -0.361. The van der Waals surface area contributed by atoms with Crippen molar-refractivity contribution in [2.45, 2.75) is 47.6 Å². The summed E-state index contributed by atoms with van der Waals surface area (Å²) in [6, 6.07) is 11.2. The fourth-order valence-corrected chi connectivity index (χ4v) is 9.17. The van der Waals surface area contributed by atoms with Crippen molar-refractivity contribution in [2.24, 2.45) is 7.05 Å². The number of amides is 2. The molecule has 0 bridgehead atoms. The highest BCUT2D eigenvalue weighted by Crippen LogP contribution is 2.64. The normalized spacial score (nSPS) is 22.8. The Balaban J connectivity index is 1.23. The zero-order valence-electron chi connectivity index (χ0n) is 30.3. The Hall–Kier alpha value is -5.87. The molecule has 1 N–H and O–H groups in total. The summed E-state index contributed by atoms with van der Waals surface area (Å²) >= 11 is 14.7. The van der Waals surface area contributed by atoms with Crippen molar-refractivity contribution in [1.29, 1.82) is 0 Å². The molecule has 2 amide bonds. The van der Waals surface area contributed by atoms with Crippen molar-refractivity contribution in [1.82, 2.24) is 23.5 Å². The first-order chi connectivity index (χ1) is 26.7. The number of alkyl halides is 2. The quantitative estimate of drug-likeness (QED) is 0.140. The van der Waals surface area contributed by atoms with Crippen molar-refractivity contribution < 1.29 is 33.3 Å². The van der Waals surface area contributed by atoms with Crippen molar-refractivity contribution >= 4 is 51.7 Å². The third-order valence-electron chi connectivity index (χ3n) is 11.0. The molecule has 1 aliphatic carbocycles. The lowest BCUT2D eigenvalue weighted by Gasteiger charge is -2.49. The number of benzene rings is 3. The number of fused-ring (bicyclic) bond motifs is 5. The van der Waals surface area contributed by atoms with E-state index in [4.69, 9.17) is 37.4 Å². The Morgan fingerprint density at radius 3 is 2.23 bits per heavy atom. The molecule has 3 aromatic carbocycles. The predicted octanol–water partition coefficient (Wildman–Crippen LogP) is 3.37. The molecule has 5 aromatic rings. The lowest BCUT2D eigenvalue weighted by molar-refractivity contribution is -0.122. The molecule has 0 spiro atoms. The van der Waals surface area contributed by atoms with E-state index in [0.717, 1.165) is 21.6 Å². The minimum absolute atomic E-state index is 0.0235. The summed E-state index contributed by atoms with van der Waals surface area (Å²) in [6.07, 6.45) is 1.16. The number of aromatic hydroxyl groups is 1. The zero-order valence-corrected chi connectivity index (χ0v) is 31.8. The number of carbonyl (C=O) groups excluding carboxylic acids is 2. The van der Waals surface area contributed by atoms with E-state index in [1.807, 2.05) is 0 Å². The maximum absolute atomic E-state index is 14.5. The van der Waals surface area contributed by atoms with Crippen LogP contribution < -0.4 is 36.0 Å². The second-order valence-corrected chi connectivity index (χ2v) is 15.0. The zero-order chi connectivity index (χ0) is 40.0. The van der Waals surface area contributed by atoms with Gasteiger partial charge in [-0.25, -0.2) is 37.8 Å². The first-order valence-electron chi connectivity index (χ1n) is 17.3. The van der Waals surface area contributed by atoms with Crippen molar-refractivity contribution in [3.05, 3.63) is 115 Å². The van der Waals surface area contributed by atoms with Gasteiger partial charge in [-0.1, -0.05) is 12.1 Å². The SMILES string of the molecule is COc1ccc(C2C3=CCn4c(=O)n(CCc5nc6cc(OC)c(OC)cc6n(C)c5=O)c(=O)n4C3CC3(Cl)C(=O)N(c4ccc(F)cc4)C(=O)C23Cl)cc1O. The molecule has 290 valence electrons. The third kappa shape index (κ3) is 5.08. The number of hydrogen-bond acceptors (Lipinski definition) is 10. The van der Waals surface area contributed by atoms with E-state index in [0.29, 0.717) is 28.1 Å². The van der Waals surface area contributed by atoms with Crippen molar-refractivity contribution in [3.8, 4) is 23.0 Å². The van der Waals surface area contributed by atoms with Gasteiger partial charge in [0.1, 0.15) is 11.5 Å². The van der Waals surface area contributed by atoms with Gasteiger partial charge in [0.25, 0.3) is 17.4 Å². The largest absolute Gasteiger partial charge is 0.504 e. The van der Waals surface area contributed by atoms with Crippen LogP contribution in [0.25, 0.3) is 11.0 Å². The molecular formula is C38H33Cl2FN6O9. The van der Waals surface area contributed by atoms with Crippen molar-refractivity contribution in [3.63, 3.8) is 0 Å². The summed E-state index contributed by atoms with van der Waals surface area (Å²) in [7, 11) is 5.87. The molecule has 3 aliphatic rings. The molecule has 4 heterocycles. The van der Waals surface area contributed by atoms with Gasteiger partial charge in [-0.05, 0) is 47.5 Å². The topological polar surface area (TPSA) is 169 Å². The van der Waals surface area contributed by atoms with Gasteiger partial charge in [-0.2, -0.15) is 0 Å². The number of imide groups is 1. The number of rotatable bonds is 8. The molecular weight excluding hydrogens is 774 g/mol. The van der Waals surface area contributed by atoms with Crippen LogP contribution in [0.2, 0.25) is 0 Å². The fourth-order valence-electron chi connectivity index (χ4n) is 8.25. The Kier molecular flexibility index (Phi) is 8.69. The first-order valence-corrected chi connectivity index (χ1v) is 18.1. The van der Waals surface area contributed by atoms with E-state index in [1.54, 1.807) is 31.3 Å². The van der Waals surface area contributed by atoms with E-state index in [1.165, 1.54) is 59.5 Å². The Bertz CT molecular complexity index is 2720. The molecule has 8 rings (SSSR count). The van der Waals surface area contributed by atoms with Crippen LogP contribution in [0.5, 0.6) is 23.0 Å². The highest BCUT2D eigenvalue weighted by molar-refractivity contribution is 6.58. The second kappa shape index (κ2) is 13.1. The van der Waals surface area contributed by atoms with E-state index in [9.17, 15) is 33.5 Å². The van der Waals surface area contributed by atoms with Gasteiger partial charge >= 0.3 is 11.4 Å². The van der Waals surface area contributed by atoms with Gasteiger partial charge in [-0.3, -0.25) is 14.4 Å². The van der Waals surface area contributed by atoms with Crippen LogP contribution in [-0.2, 0) is 36.1 Å². The molecule has 4 atom stereocenters. The molecule has 1 saturated carbocycles. The van der Waals surface area contributed by atoms with Crippen LogP contribution in [0.4, 0.5) is 10.1 Å². The van der Waals surface area contributed by atoms with Gasteiger partial charge < -0.3 is 23.9 Å². The molecule has 15 nitrogen and oxygen atoms in total. The highest BCUT2D eigenvalue weighted by atomic mass is 35.5. The summed E-state index contributed by atoms with van der Waals surface area (Å²) in [5.41, 5.74) is -0.209. The molecule has 56 heavy (non-hydrogen) atoms. The number of carbonyl (C=O) groups is 2. The summed E-state index contributed by atoms with van der Waals surface area (Å²) in [5, 5.41) is 10.9. The maximum atomic E-state index is 14.5. The van der Waals surface area contributed by atoms with E-state index in [-0.39, 0.29) is 48.0 Å². The Labute approximate surface area is 326 Å². The van der Waals surface area contributed by atoms with Gasteiger partial charge in [0.15, 0.2) is 32.7 Å². The monoisotopic (exact) mass is 806 g/mol. The number of allylic oxidation sites excluding steroid dienone is 2. The van der Waals surface area contributed by atoms with Gasteiger partial charge in [0, 0.05) is 44.5 Å². The number of nitrogens with zero attached hydrogens (tertiary/aromatic N) is 6. The smallest absolute Gasteiger partial charge is 0.347 e. The predicted molar refractivity (Wildman–Crippen MR) is 202 cm³/mol. The summed E-state index contributed by atoms with van der Waals surface area (Å²) in [5.74, 6) is -2.99. The molecule has 18 heteroatoms. The standard InChI is InChI=1S/C38H33Cl2FN6O9/c1-43-25-17-30(56-4)29(55-3)16-24(25)42-23(32(43)49)12-13-44-35(52)45-14-11-22-26(47(45)36(44)53)18-37(39)33(50)46(21-8-6-20(41)7-9-21)34(51)38(37,40)31(22)19-5-10-28(54-2)27(48)15-19/h5-11,15-17,26,31,48H,12-14,18H2,1-4H3. The lowest BCUT2D eigenvalue weighted by Crippen LogP contribution is -2.59. The van der Waals surface area contributed by atoms with Crippen molar-refractivity contribution in [2.75, 3.05) is 26.2 Å². The molecule has 0 radical (unpaired) electrons. The van der Waals surface area contributed by atoms with Crippen LogP contribution >= 0.6 is 23.2 Å². The summed E-state index contributed by atoms with van der Waals surface area (Å²) < 4.78 is 34.7. The minimum Gasteiger partial charge on any atom is -0.504 e. The van der Waals surface area contributed by atoms with E-state index in [2.05, 4.69) is 4.98 Å². The number of phenolic OH excluding ortho intramolecular Hbond substituents is 1. The first kappa shape index (κ1) is 37.1. The van der Waals surface area contributed by atoms with Crippen LogP contribution in [0, 0.1) is 5.82 Å². The third-order valence-corrected chi connectivity index (χ3v) is 12.4. The number of halogens is 3. The molecule has 2 fully saturated rings. The number of phenols is 1. The fraction of sp³-hybridized carbons (Fsp3) is 0.316. The van der Waals surface area contributed by atoms with Crippen LogP contribution in [0.1, 0.15) is 29.6 Å². The maximum Gasteiger partial charge on any atom is 0.347 e. The Morgan fingerprint density at radius 2 is 1.57 bits per heavy atom. The molecule has 1 saturated heterocycles. The number of anilines is 1. The van der Waals surface area contributed by atoms with Gasteiger partial charge in [0.2, 0.25) is 0 Å². The molecule has 4 unspecified atom stereocenters. The van der Waals surface area contributed by atoms with Crippen LogP contribution in [0.15, 0.2) is 80.6 Å². The number of aryl methyl sites for hydroxylation is 2. The summed E-state index contributed by atoms with van der Waals surface area (Å²) in [4.78, 5) is 71.6. The minimum atomic E-state index is -2.22. The molecule has 2 aromatic heterocycles. The van der Waals surface area contributed by atoms with Crippen LogP contribution in [-0.4, -0.2) is 71.5 Å². The van der Waals surface area contributed by atoms with Gasteiger partial charge in [-0.15, -0.1) is 23.2 Å². The van der Waals surface area contributed by atoms with E-state index >= 15 is 0 Å². The average molecular weight is 808 g/mol. The Morgan fingerprint density at radius 1 is 0.893 bits per heavy atom. The number of ether oxygens (including phenoxy) is 3. The van der Waals surface area contributed by atoms with E-state index < -0.39 is 62.7 Å². The average Bonchev–Trinajstić information content (AvgIpc) is 3.52. The second-order valence-electron chi connectivity index (χ2n) is 13.7. The molecule has 2 aliphatic heterocycles. The van der Waals surface area contributed by atoms with Crippen LogP contribution in [0.3, 0.4) is 0 Å². The number of hydrogen-bond donors (Lipinski definition) is 1. The van der Waals surface area contributed by atoms with Gasteiger partial charge in [0.05, 0.1) is 50.6 Å². The number of methoxy groups -OCH3 is 3. The lowest BCUT2D eigenvalue weighted by atomic mass is 9.64. The number of aromatic nitrogens is 5.